The normalized spacial score (nSPS) is 11.2. The molecule has 2 aromatic carbocycles. The summed E-state index contributed by atoms with van der Waals surface area (Å²) in [6.07, 6.45) is 1.31. The minimum Gasteiger partial charge on any atom is -0.322 e. The van der Waals surface area contributed by atoms with Gasteiger partial charge in [-0.25, -0.2) is 22.3 Å². The van der Waals surface area contributed by atoms with E-state index < -0.39 is 32.4 Å². The van der Waals surface area contributed by atoms with Crippen molar-refractivity contribution in [3.8, 4) is 11.4 Å². The molecule has 0 saturated carbocycles. The van der Waals surface area contributed by atoms with Gasteiger partial charge in [0.25, 0.3) is 5.91 Å². The van der Waals surface area contributed by atoms with Gasteiger partial charge < -0.3 is 5.32 Å². The number of hydrogen-bond donors (Lipinski definition) is 3. The highest BCUT2D eigenvalue weighted by Gasteiger charge is 2.20. The third-order valence-electron chi connectivity index (χ3n) is 3.73. The van der Waals surface area contributed by atoms with Crippen molar-refractivity contribution in [1.82, 2.24) is 14.9 Å². The Balaban J connectivity index is 1.85. The predicted octanol–water partition coefficient (Wildman–Crippen LogP) is 1.89. The van der Waals surface area contributed by atoms with Crippen LogP contribution in [0.2, 0.25) is 0 Å². The molecular formula is C18H15FN4O5S. The summed E-state index contributed by atoms with van der Waals surface area (Å²) in [6.45, 7) is 3.30. The molecule has 0 radical (unpaired) electrons. The molecule has 0 fully saturated rings. The van der Waals surface area contributed by atoms with Gasteiger partial charge in [0, 0.05) is 23.4 Å². The largest absolute Gasteiger partial charge is 0.439 e. The standard InChI is InChI=1S/C18H15FN4O5S/c1-2-8-20-29(26,27)15-10-12(6-7-14(15)19)17(24)21-13-5-3-4-11(9-13)16-22-18(25)28-23-16/h2-7,9-10,20H,1,8H2,(H,21,24)(H,22,23,25). The van der Waals surface area contributed by atoms with Gasteiger partial charge in [-0.15, -0.1) is 6.58 Å². The lowest BCUT2D eigenvalue weighted by molar-refractivity contribution is 0.102. The average Bonchev–Trinajstić information content (AvgIpc) is 3.13. The summed E-state index contributed by atoms with van der Waals surface area (Å²) in [5.41, 5.74) is 0.755. The fourth-order valence-electron chi connectivity index (χ4n) is 2.40. The number of rotatable bonds is 7. The molecule has 0 atom stereocenters. The van der Waals surface area contributed by atoms with E-state index >= 15 is 0 Å². The lowest BCUT2D eigenvalue weighted by Crippen LogP contribution is -2.25. The summed E-state index contributed by atoms with van der Waals surface area (Å²) in [6, 6.07) is 9.35. The summed E-state index contributed by atoms with van der Waals surface area (Å²) in [5, 5.41) is 6.13. The second-order valence-corrected chi connectivity index (χ2v) is 7.50. The molecule has 3 N–H and O–H groups in total. The maximum atomic E-state index is 14.0. The molecular weight excluding hydrogens is 403 g/mol. The van der Waals surface area contributed by atoms with Crippen LogP contribution in [0, 0.1) is 5.82 Å². The van der Waals surface area contributed by atoms with Gasteiger partial charge in [0.1, 0.15) is 10.7 Å². The van der Waals surface area contributed by atoms with Crippen LogP contribution in [-0.4, -0.2) is 31.0 Å². The Morgan fingerprint density at radius 3 is 2.76 bits per heavy atom. The lowest BCUT2D eigenvalue weighted by atomic mass is 10.1. The molecule has 1 aromatic heterocycles. The van der Waals surface area contributed by atoms with Gasteiger partial charge in [0.05, 0.1) is 0 Å². The summed E-state index contributed by atoms with van der Waals surface area (Å²) in [4.78, 5) is 25.3. The molecule has 0 aliphatic rings. The summed E-state index contributed by atoms with van der Waals surface area (Å²) < 4.78 is 44.9. The Bertz CT molecular complexity index is 1230. The molecule has 0 bridgehead atoms. The number of nitrogens with zero attached hydrogens (tertiary/aromatic N) is 1. The fraction of sp³-hybridized carbons (Fsp3) is 0.0556. The smallest absolute Gasteiger partial charge is 0.322 e. The van der Waals surface area contributed by atoms with Crippen molar-refractivity contribution in [2.24, 2.45) is 0 Å². The molecule has 3 rings (SSSR count). The van der Waals surface area contributed by atoms with E-state index in [1.807, 2.05) is 0 Å². The van der Waals surface area contributed by atoms with Gasteiger partial charge in [-0.2, -0.15) is 0 Å². The van der Waals surface area contributed by atoms with E-state index in [0.717, 1.165) is 18.2 Å². The molecule has 0 aliphatic heterocycles. The van der Waals surface area contributed by atoms with Crippen LogP contribution in [0.15, 0.2) is 69.3 Å². The number of aromatic amines is 1. The molecule has 0 aliphatic carbocycles. The van der Waals surface area contributed by atoms with E-state index in [9.17, 15) is 22.4 Å². The molecule has 150 valence electrons. The number of amides is 1. The monoisotopic (exact) mass is 418 g/mol. The SMILES string of the molecule is C=CCNS(=O)(=O)c1cc(C(=O)Nc2cccc(-c3noc(=O)[nH]3)c2)ccc1F. The first-order valence-corrected chi connectivity index (χ1v) is 9.66. The van der Waals surface area contributed by atoms with E-state index in [1.54, 1.807) is 18.2 Å². The third-order valence-corrected chi connectivity index (χ3v) is 5.17. The predicted molar refractivity (Wildman–Crippen MR) is 102 cm³/mol. The maximum absolute atomic E-state index is 14.0. The Kier molecular flexibility index (Phi) is 5.71. The van der Waals surface area contributed by atoms with Crippen LogP contribution < -0.4 is 15.8 Å². The van der Waals surface area contributed by atoms with Gasteiger partial charge in [-0.3, -0.25) is 14.3 Å². The molecule has 9 nitrogen and oxygen atoms in total. The number of sulfonamides is 1. The summed E-state index contributed by atoms with van der Waals surface area (Å²) in [5.74, 6) is -2.19. The number of nitrogens with one attached hydrogen (secondary N) is 3. The van der Waals surface area contributed by atoms with Crippen LogP contribution in [0.1, 0.15) is 10.4 Å². The Morgan fingerprint density at radius 2 is 2.07 bits per heavy atom. The summed E-state index contributed by atoms with van der Waals surface area (Å²) in [7, 11) is -4.15. The molecule has 0 saturated heterocycles. The quantitative estimate of drug-likeness (QED) is 0.502. The molecule has 1 heterocycles. The summed E-state index contributed by atoms with van der Waals surface area (Å²) >= 11 is 0. The van der Waals surface area contributed by atoms with Crippen molar-refractivity contribution in [2.75, 3.05) is 11.9 Å². The second-order valence-electron chi connectivity index (χ2n) is 5.76. The van der Waals surface area contributed by atoms with Crippen LogP contribution in [0.5, 0.6) is 0 Å². The highest BCUT2D eigenvalue weighted by atomic mass is 32.2. The van der Waals surface area contributed by atoms with Crippen molar-refractivity contribution in [3.05, 3.63) is 77.1 Å². The van der Waals surface area contributed by atoms with Crippen molar-refractivity contribution >= 4 is 21.6 Å². The molecule has 0 spiro atoms. The first kappa shape index (κ1) is 20.2. The fourth-order valence-corrected chi connectivity index (χ4v) is 3.50. The molecule has 29 heavy (non-hydrogen) atoms. The minimum absolute atomic E-state index is 0.0642. The van der Waals surface area contributed by atoms with Gasteiger partial charge in [-0.1, -0.05) is 23.4 Å². The van der Waals surface area contributed by atoms with E-state index in [1.165, 1.54) is 12.1 Å². The van der Waals surface area contributed by atoms with Gasteiger partial charge in [0.15, 0.2) is 5.82 Å². The van der Waals surface area contributed by atoms with Gasteiger partial charge in [-0.05, 0) is 30.3 Å². The number of aromatic nitrogens is 2. The minimum atomic E-state index is -4.15. The van der Waals surface area contributed by atoms with Crippen molar-refractivity contribution < 1.29 is 22.1 Å². The van der Waals surface area contributed by atoms with Crippen LogP contribution in [0.4, 0.5) is 10.1 Å². The third kappa shape index (κ3) is 4.65. The number of H-pyrrole nitrogens is 1. The first-order valence-electron chi connectivity index (χ1n) is 8.18. The van der Waals surface area contributed by atoms with E-state index in [-0.39, 0.29) is 17.9 Å². The van der Waals surface area contributed by atoms with Crippen LogP contribution >= 0.6 is 0 Å². The van der Waals surface area contributed by atoms with Crippen LogP contribution in [0.3, 0.4) is 0 Å². The molecule has 3 aromatic rings. The van der Waals surface area contributed by atoms with Crippen molar-refractivity contribution in [2.45, 2.75) is 4.90 Å². The molecule has 11 heteroatoms. The number of carbonyl (C=O) groups excluding carboxylic acids is 1. The lowest BCUT2D eigenvalue weighted by Gasteiger charge is -2.10. The number of carbonyl (C=O) groups is 1. The van der Waals surface area contributed by atoms with Crippen molar-refractivity contribution in [1.29, 1.82) is 0 Å². The zero-order chi connectivity index (χ0) is 21.0. The highest BCUT2D eigenvalue weighted by Crippen LogP contribution is 2.21. The van der Waals surface area contributed by atoms with E-state index in [2.05, 4.69) is 31.3 Å². The number of halogens is 1. The van der Waals surface area contributed by atoms with Crippen molar-refractivity contribution in [3.63, 3.8) is 0 Å². The van der Waals surface area contributed by atoms with Gasteiger partial charge >= 0.3 is 5.76 Å². The van der Waals surface area contributed by atoms with E-state index in [4.69, 9.17) is 0 Å². The van der Waals surface area contributed by atoms with Gasteiger partial charge in [0.2, 0.25) is 10.0 Å². The van der Waals surface area contributed by atoms with Crippen LogP contribution in [0.25, 0.3) is 11.4 Å². The zero-order valence-electron chi connectivity index (χ0n) is 14.8. The van der Waals surface area contributed by atoms with E-state index in [0.29, 0.717) is 11.3 Å². The molecule has 0 unspecified atom stereocenters. The Hall–Kier alpha value is -3.57. The molecule has 1 amide bonds. The average molecular weight is 418 g/mol. The number of benzene rings is 2. The Morgan fingerprint density at radius 1 is 1.28 bits per heavy atom. The maximum Gasteiger partial charge on any atom is 0.439 e. The highest BCUT2D eigenvalue weighted by molar-refractivity contribution is 7.89. The number of hydrogen-bond acceptors (Lipinski definition) is 6. The zero-order valence-corrected chi connectivity index (χ0v) is 15.6. The second kappa shape index (κ2) is 8.20. The first-order chi connectivity index (χ1) is 13.8. The topological polar surface area (TPSA) is 134 Å². The number of anilines is 1. The Labute approximate surface area is 164 Å². The van der Waals surface area contributed by atoms with Crippen LogP contribution in [-0.2, 0) is 10.0 Å².